The summed E-state index contributed by atoms with van der Waals surface area (Å²) in [5.74, 6) is 0. The van der Waals surface area contributed by atoms with Crippen molar-refractivity contribution in [2.75, 3.05) is 19.7 Å². The predicted octanol–water partition coefficient (Wildman–Crippen LogP) is 1.30. The zero-order valence-corrected chi connectivity index (χ0v) is 10.8. The van der Waals surface area contributed by atoms with Crippen molar-refractivity contribution in [2.24, 2.45) is 0 Å². The highest BCUT2D eigenvalue weighted by atomic mass is 32.2. The molecule has 0 aliphatic carbocycles. The third kappa shape index (κ3) is 3.70. The van der Waals surface area contributed by atoms with E-state index in [0.29, 0.717) is 4.31 Å². The Balaban J connectivity index is 2.99. The smallest absolute Gasteiger partial charge is 0.252 e. The minimum Gasteiger partial charge on any atom is -0.395 e. The summed E-state index contributed by atoms with van der Waals surface area (Å²) in [7, 11) is -3.93. The van der Waals surface area contributed by atoms with Crippen LogP contribution < -0.4 is 0 Å². The highest BCUT2D eigenvalue weighted by Gasteiger charge is 2.27. The molecule has 0 atom stereocenters. The van der Waals surface area contributed by atoms with Crippen molar-refractivity contribution in [3.05, 3.63) is 17.0 Å². The number of hydrogen-bond donors (Lipinski definition) is 1. The molecule has 4 nitrogen and oxygen atoms in total. The molecule has 0 spiro atoms. The van der Waals surface area contributed by atoms with Crippen LogP contribution in [0.25, 0.3) is 0 Å². The Bertz CT molecular complexity index is 459. The van der Waals surface area contributed by atoms with Gasteiger partial charge in [-0.15, -0.1) is 11.3 Å². The Kier molecular flexibility index (Phi) is 4.99. The highest BCUT2D eigenvalue weighted by molar-refractivity contribution is 7.91. The maximum atomic E-state index is 12.3. The molecule has 0 aromatic carbocycles. The van der Waals surface area contributed by atoms with Crippen LogP contribution in [0.15, 0.2) is 16.3 Å². The second-order valence-electron chi connectivity index (χ2n) is 3.34. The lowest BCUT2D eigenvalue weighted by atomic mass is 10.5. The van der Waals surface area contributed by atoms with Gasteiger partial charge in [-0.25, -0.2) is 17.2 Å². The van der Waals surface area contributed by atoms with E-state index >= 15 is 0 Å². The molecule has 1 rings (SSSR count). The molecule has 1 aromatic heterocycles. The second kappa shape index (κ2) is 5.85. The zero-order chi connectivity index (χ0) is 13.1. The molecule has 98 valence electrons. The molecule has 0 saturated heterocycles. The van der Waals surface area contributed by atoms with Crippen LogP contribution in [0.4, 0.5) is 8.78 Å². The number of sulfonamides is 1. The first kappa shape index (κ1) is 14.5. The van der Waals surface area contributed by atoms with E-state index in [1.165, 1.54) is 6.07 Å². The summed E-state index contributed by atoms with van der Waals surface area (Å²) >= 11 is 1.02. The normalized spacial score (nSPS) is 12.6. The van der Waals surface area contributed by atoms with E-state index in [0.717, 1.165) is 16.2 Å². The van der Waals surface area contributed by atoms with Crippen LogP contribution in [0, 0.1) is 6.92 Å². The van der Waals surface area contributed by atoms with Crippen LogP contribution in [0.2, 0.25) is 0 Å². The van der Waals surface area contributed by atoms with Crippen molar-refractivity contribution >= 4 is 21.4 Å². The zero-order valence-electron chi connectivity index (χ0n) is 9.14. The standard InChI is InChI=1S/C9H13F2NO3S2/c1-7-2-3-9(16-7)17(14,15)12(4-5-13)6-8(10)11/h2-3,8,13H,4-6H2,1H3. The van der Waals surface area contributed by atoms with Gasteiger partial charge in [0.2, 0.25) is 0 Å². The van der Waals surface area contributed by atoms with Gasteiger partial charge >= 0.3 is 0 Å². The Hall–Kier alpha value is -0.570. The molecule has 0 bridgehead atoms. The fourth-order valence-electron chi connectivity index (χ4n) is 1.25. The number of nitrogens with zero attached hydrogens (tertiary/aromatic N) is 1. The van der Waals surface area contributed by atoms with Crippen molar-refractivity contribution < 1.29 is 22.3 Å². The monoisotopic (exact) mass is 285 g/mol. The van der Waals surface area contributed by atoms with E-state index in [9.17, 15) is 17.2 Å². The fourth-order valence-corrected chi connectivity index (χ4v) is 4.10. The summed E-state index contributed by atoms with van der Waals surface area (Å²) in [6.45, 7) is 0.00690. The Labute approximate surface area is 103 Å². The quantitative estimate of drug-likeness (QED) is 0.857. The number of thiophene rings is 1. The molecule has 0 aliphatic rings. The summed E-state index contributed by atoms with van der Waals surface area (Å²) in [6.07, 6.45) is -2.77. The number of aliphatic hydroxyl groups is 1. The summed E-state index contributed by atoms with van der Waals surface area (Å²) in [5, 5.41) is 8.72. The van der Waals surface area contributed by atoms with E-state index in [4.69, 9.17) is 5.11 Å². The van der Waals surface area contributed by atoms with Gasteiger partial charge in [-0.3, -0.25) is 0 Å². The SMILES string of the molecule is Cc1ccc(S(=O)(=O)N(CCO)CC(F)F)s1. The Morgan fingerprint density at radius 3 is 2.53 bits per heavy atom. The molecule has 0 unspecified atom stereocenters. The number of aliphatic hydroxyl groups excluding tert-OH is 1. The molecule has 0 radical (unpaired) electrons. The van der Waals surface area contributed by atoms with Crippen LogP contribution in [-0.2, 0) is 10.0 Å². The van der Waals surface area contributed by atoms with E-state index in [1.54, 1.807) is 13.0 Å². The van der Waals surface area contributed by atoms with Crippen LogP contribution in [0.5, 0.6) is 0 Å². The van der Waals surface area contributed by atoms with Gasteiger partial charge in [-0.1, -0.05) is 0 Å². The highest BCUT2D eigenvalue weighted by Crippen LogP contribution is 2.24. The first-order valence-electron chi connectivity index (χ1n) is 4.83. The number of alkyl halides is 2. The summed E-state index contributed by atoms with van der Waals surface area (Å²) < 4.78 is 49.1. The van der Waals surface area contributed by atoms with Gasteiger partial charge in [0.15, 0.2) is 0 Å². The van der Waals surface area contributed by atoms with Gasteiger partial charge in [-0.2, -0.15) is 4.31 Å². The van der Waals surface area contributed by atoms with Gasteiger partial charge < -0.3 is 5.11 Å². The lowest BCUT2D eigenvalue weighted by molar-refractivity contribution is 0.113. The third-order valence-corrected chi connectivity index (χ3v) is 5.33. The second-order valence-corrected chi connectivity index (χ2v) is 6.80. The molecule has 1 N–H and O–H groups in total. The predicted molar refractivity (Wildman–Crippen MR) is 60.9 cm³/mol. The molecule has 0 saturated carbocycles. The van der Waals surface area contributed by atoms with Crippen molar-refractivity contribution in [1.82, 2.24) is 4.31 Å². The number of halogens is 2. The average molecular weight is 285 g/mol. The van der Waals surface area contributed by atoms with Gasteiger partial charge in [0.1, 0.15) is 4.21 Å². The third-order valence-electron chi connectivity index (χ3n) is 2.00. The summed E-state index contributed by atoms with van der Waals surface area (Å²) in [6, 6.07) is 2.99. The molecule has 1 heterocycles. The van der Waals surface area contributed by atoms with Crippen molar-refractivity contribution in [2.45, 2.75) is 17.6 Å². The van der Waals surface area contributed by atoms with Crippen LogP contribution in [-0.4, -0.2) is 44.0 Å². The largest absolute Gasteiger partial charge is 0.395 e. The first-order chi connectivity index (χ1) is 7.87. The van der Waals surface area contributed by atoms with Gasteiger partial charge in [0, 0.05) is 11.4 Å². The molecule has 17 heavy (non-hydrogen) atoms. The summed E-state index contributed by atoms with van der Waals surface area (Å²) in [4.78, 5) is 0.782. The number of rotatable bonds is 6. The summed E-state index contributed by atoms with van der Waals surface area (Å²) in [5.41, 5.74) is 0. The van der Waals surface area contributed by atoms with E-state index in [2.05, 4.69) is 0 Å². The van der Waals surface area contributed by atoms with E-state index < -0.39 is 29.6 Å². The fraction of sp³-hybridized carbons (Fsp3) is 0.556. The number of hydrogen-bond acceptors (Lipinski definition) is 4. The van der Waals surface area contributed by atoms with Gasteiger partial charge in [0.05, 0.1) is 13.2 Å². The van der Waals surface area contributed by atoms with Crippen LogP contribution in [0.1, 0.15) is 4.88 Å². The van der Waals surface area contributed by atoms with Crippen molar-refractivity contribution in [3.63, 3.8) is 0 Å². The van der Waals surface area contributed by atoms with E-state index in [-0.39, 0.29) is 10.8 Å². The van der Waals surface area contributed by atoms with Crippen LogP contribution >= 0.6 is 11.3 Å². The molecule has 1 aromatic rings. The molecule has 0 fully saturated rings. The molecule has 0 aliphatic heterocycles. The van der Waals surface area contributed by atoms with Crippen LogP contribution in [0.3, 0.4) is 0 Å². The topological polar surface area (TPSA) is 57.6 Å². The molecular formula is C9H13F2NO3S2. The Morgan fingerprint density at radius 1 is 1.47 bits per heavy atom. The lowest BCUT2D eigenvalue weighted by Gasteiger charge is -2.19. The lowest BCUT2D eigenvalue weighted by Crippen LogP contribution is -2.36. The average Bonchev–Trinajstić information content (AvgIpc) is 2.64. The molecular weight excluding hydrogens is 272 g/mol. The molecule has 8 heteroatoms. The van der Waals surface area contributed by atoms with Crippen molar-refractivity contribution in [3.8, 4) is 0 Å². The Morgan fingerprint density at radius 2 is 2.12 bits per heavy atom. The minimum absolute atomic E-state index is 0.0177. The number of aryl methyl sites for hydroxylation is 1. The van der Waals surface area contributed by atoms with Gasteiger partial charge in [-0.05, 0) is 19.1 Å². The maximum Gasteiger partial charge on any atom is 0.252 e. The van der Waals surface area contributed by atoms with Gasteiger partial charge in [0.25, 0.3) is 16.4 Å². The van der Waals surface area contributed by atoms with Crippen molar-refractivity contribution in [1.29, 1.82) is 0 Å². The molecule has 0 amide bonds. The van der Waals surface area contributed by atoms with E-state index in [1.807, 2.05) is 0 Å². The first-order valence-corrected chi connectivity index (χ1v) is 7.09. The maximum absolute atomic E-state index is 12.3. The minimum atomic E-state index is -3.93.